The van der Waals surface area contributed by atoms with Crippen molar-refractivity contribution in [1.29, 1.82) is 0 Å². The Morgan fingerprint density at radius 1 is 0.960 bits per heavy atom. The molecule has 2 aromatic carbocycles. The second-order valence-corrected chi connectivity index (χ2v) is 6.44. The lowest BCUT2D eigenvalue weighted by molar-refractivity contribution is 0.415. The molecule has 4 aromatic rings. The number of methoxy groups -OCH3 is 1. The molecule has 0 saturated heterocycles. The minimum Gasteiger partial charge on any atom is -0.497 e. The summed E-state index contributed by atoms with van der Waals surface area (Å²) in [6.07, 6.45) is 0. The molecule has 0 aliphatic rings. The lowest BCUT2D eigenvalue weighted by atomic mass is 10.3. The van der Waals surface area contributed by atoms with Crippen LogP contribution in [0.5, 0.6) is 5.75 Å². The van der Waals surface area contributed by atoms with E-state index in [1.54, 1.807) is 18.4 Å². The van der Waals surface area contributed by atoms with E-state index in [9.17, 15) is 0 Å². The van der Waals surface area contributed by atoms with Crippen molar-refractivity contribution >= 4 is 22.8 Å². The van der Waals surface area contributed by atoms with Gasteiger partial charge in [0, 0.05) is 11.8 Å². The molecule has 0 atom stereocenters. The first-order chi connectivity index (χ1) is 12.3. The Balaban J connectivity index is 1.71. The van der Waals surface area contributed by atoms with E-state index in [2.05, 4.69) is 41.0 Å². The summed E-state index contributed by atoms with van der Waals surface area (Å²) in [7, 11) is 1.66. The van der Waals surface area contributed by atoms with Gasteiger partial charge in [0.15, 0.2) is 5.82 Å². The fourth-order valence-corrected chi connectivity index (χ4v) is 3.36. The van der Waals surface area contributed by atoms with Gasteiger partial charge in [0.2, 0.25) is 0 Å². The van der Waals surface area contributed by atoms with Crippen LogP contribution in [0.15, 0.2) is 78.2 Å². The summed E-state index contributed by atoms with van der Waals surface area (Å²) in [5, 5.41) is 10.2. The first-order valence-electron chi connectivity index (χ1n) is 7.94. The van der Waals surface area contributed by atoms with E-state index in [-0.39, 0.29) is 0 Å². The van der Waals surface area contributed by atoms with Gasteiger partial charge in [-0.2, -0.15) is 0 Å². The number of nitrogens with zero attached hydrogens (tertiary/aromatic N) is 2. The summed E-state index contributed by atoms with van der Waals surface area (Å²) in [5.74, 6) is 1.64. The molecule has 0 saturated carbocycles. The zero-order chi connectivity index (χ0) is 17.1. The Labute approximate surface area is 150 Å². The first kappa shape index (κ1) is 15.5. The highest BCUT2D eigenvalue weighted by Gasteiger charge is 2.12. The van der Waals surface area contributed by atoms with Crippen LogP contribution in [0.25, 0.3) is 16.3 Å². The molecule has 0 bridgehead atoms. The summed E-state index contributed by atoms with van der Waals surface area (Å²) in [5.41, 5.74) is 3.07. The molecule has 0 fully saturated rings. The first-order valence-corrected chi connectivity index (χ1v) is 8.82. The molecule has 0 radical (unpaired) electrons. The second-order valence-electron chi connectivity index (χ2n) is 5.49. The highest BCUT2D eigenvalue weighted by atomic mass is 32.1. The number of nitrogens with one attached hydrogen (secondary N) is 1. The summed E-state index contributed by atoms with van der Waals surface area (Å²) >= 11 is 1.70. The molecule has 2 aromatic heterocycles. The van der Waals surface area contributed by atoms with Gasteiger partial charge >= 0.3 is 0 Å². The van der Waals surface area contributed by atoms with Crippen LogP contribution < -0.4 is 10.1 Å². The summed E-state index contributed by atoms with van der Waals surface area (Å²) in [6.45, 7) is 0. The maximum absolute atomic E-state index is 5.20. The summed E-state index contributed by atoms with van der Waals surface area (Å²) in [6, 6.07) is 24.2. The van der Waals surface area contributed by atoms with Gasteiger partial charge in [-0.05, 0) is 47.8 Å². The van der Waals surface area contributed by atoms with E-state index in [0.717, 1.165) is 28.6 Å². The van der Waals surface area contributed by atoms with Gasteiger partial charge in [-0.3, -0.25) is 0 Å². The zero-order valence-corrected chi connectivity index (χ0v) is 14.5. The maximum Gasteiger partial charge on any atom is 0.153 e. The largest absolute Gasteiger partial charge is 0.497 e. The zero-order valence-electron chi connectivity index (χ0n) is 13.7. The van der Waals surface area contributed by atoms with Crippen molar-refractivity contribution in [2.45, 2.75) is 0 Å². The van der Waals surface area contributed by atoms with Gasteiger partial charge in [-0.1, -0.05) is 24.3 Å². The van der Waals surface area contributed by atoms with Gasteiger partial charge in [0.05, 0.1) is 23.4 Å². The van der Waals surface area contributed by atoms with E-state index < -0.39 is 0 Å². The van der Waals surface area contributed by atoms with Crippen LogP contribution >= 0.6 is 11.3 Å². The minimum absolute atomic E-state index is 0.803. The Kier molecular flexibility index (Phi) is 4.23. The standard InChI is InChI=1S/C20H17N3OS/c1-24-17-11-9-15(10-12-17)21-20-14-18(19-8-5-13-25-19)23(22-20)16-6-3-2-4-7-16/h2-14H,1H3,(H,21,22). The molecule has 2 heterocycles. The van der Waals surface area contributed by atoms with Gasteiger partial charge in [-0.25, -0.2) is 4.68 Å². The molecular weight excluding hydrogens is 330 g/mol. The van der Waals surface area contributed by atoms with Crippen LogP contribution in [-0.4, -0.2) is 16.9 Å². The van der Waals surface area contributed by atoms with E-state index in [4.69, 9.17) is 9.84 Å². The summed E-state index contributed by atoms with van der Waals surface area (Å²) in [4.78, 5) is 1.18. The molecule has 0 amide bonds. The molecule has 4 nitrogen and oxygen atoms in total. The van der Waals surface area contributed by atoms with Crippen LogP contribution in [0.1, 0.15) is 0 Å². The van der Waals surface area contributed by atoms with E-state index in [0.29, 0.717) is 0 Å². The number of hydrogen-bond donors (Lipinski definition) is 1. The Bertz CT molecular complexity index is 945. The molecular formula is C20H17N3OS. The van der Waals surface area contributed by atoms with Gasteiger partial charge in [0.25, 0.3) is 0 Å². The monoisotopic (exact) mass is 347 g/mol. The quantitative estimate of drug-likeness (QED) is 0.529. The average Bonchev–Trinajstić information content (AvgIpc) is 3.33. The number of thiophene rings is 1. The predicted molar refractivity (Wildman–Crippen MR) is 103 cm³/mol. The fourth-order valence-electron chi connectivity index (χ4n) is 2.63. The number of anilines is 2. The average molecular weight is 347 g/mol. The van der Waals surface area contributed by atoms with Crippen LogP contribution in [0, 0.1) is 0 Å². The number of rotatable bonds is 5. The van der Waals surface area contributed by atoms with Gasteiger partial charge < -0.3 is 10.1 Å². The second kappa shape index (κ2) is 6.83. The molecule has 0 aliphatic heterocycles. The smallest absolute Gasteiger partial charge is 0.153 e. The van der Waals surface area contributed by atoms with Crippen LogP contribution in [0.2, 0.25) is 0 Å². The molecule has 124 valence electrons. The normalized spacial score (nSPS) is 10.6. The number of benzene rings is 2. The van der Waals surface area contributed by atoms with E-state index in [1.165, 1.54) is 4.88 Å². The lowest BCUT2D eigenvalue weighted by Crippen LogP contribution is -1.99. The van der Waals surface area contributed by atoms with E-state index >= 15 is 0 Å². The van der Waals surface area contributed by atoms with Crippen molar-refractivity contribution < 1.29 is 4.74 Å². The molecule has 0 spiro atoms. The third-order valence-electron chi connectivity index (χ3n) is 3.85. The number of para-hydroxylation sites is 1. The SMILES string of the molecule is COc1ccc(Nc2cc(-c3cccs3)n(-c3ccccc3)n2)cc1. The van der Waals surface area contributed by atoms with Crippen molar-refractivity contribution in [2.75, 3.05) is 12.4 Å². The van der Waals surface area contributed by atoms with Crippen molar-refractivity contribution in [1.82, 2.24) is 9.78 Å². The molecule has 4 rings (SSSR count). The van der Waals surface area contributed by atoms with Crippen molar-refractivity contribution in [3.8, 4) is 22.0 Å². The third-order valence-corrected chi connectivity index (χ3v) is 4.74. The van der Waals surface area contributed by atoms with Crippen molar-refractivity contribution in [2.24, 2.45) is 0 Å². The molecule has 0 aliphatic carbocycles. The molecule has 1 N–H and O–H groups in total. The topological polar surface area (TPSA) is 39.1 Å². The molecule has 0 unspecified atom stereocenters. The highest BCUT2D eigenvalue weighted by molar-refractivity contribution is 7.13. The molecule has 5 heteroatoms. The number of ether oxygens (including phenoxy) is 1. The highest BCUT2D eigenvalue weighted by Crippen LogP contribution is 2.30. The van der Waals surface area contributed by atoms with Crippen LogP contribution in [-0.2, 0) is 0 Å². The van der Waals surface area contributed by atoms with Crippen molar-refractivity contribution in [3.63, 3.8) is 0 Å². The Morgan fingerprint density at radius 2 is 1.76 bits per heavy atom. The Morgan fingerprint density at radius 3 is 2.44 bits per heavy atom. The van der Waals surface area contributed by atoms with Crippen molar-refractivity contribution in [3.05, 3.63) is 78.2 Å². The van der Waals surface area contributed by atoms with Gasteiger partial charge in [0.1, 0.15) is 5.75 Å². The number of aromatic nitrogens is 2. The maximum atomic E-state index is 5.20. The van der Waals surface area contributed by atoms with Gasteiger partial charge in [-0.15, -0.1) is 16.4 Å². The number of hydrogen-bond acceptors (Lipinski definition) is 4. The minimum atomic E-state index is 0.803. The molecule has 25 heavy (non-hydrogen) atoms. The predicted octanol–water partition coefficient (Wildman–Crippen LogP) is 5.35. The lowest BCUT2D eigenvalue weighted by Gasteiger charge is -2.06. The van der Waals surface area contributed by atoms with E-state index in [1.807, 2.05) is 47.1 Å². The Hall–Kier alpha value is -3.05. The summed E-state index contributed by atoms with van der Waals surface area (Å²) < 4.78 is 7.17. The fraction of sp³-hybridized carbons (Fsp3) is 0.0500. The van der Waals surface area contributed by atoms with Crippen LogP contribution in [0.4, 0.5) is 11.5 Å². The third kappa shape index (κ3) is 3.27. The van der Waals surface area contributed by atoms with Crippen LogP contribution in [0.3, 0.4) is 0 Å².